The Balaban J connectivity index is 1.84. The number of hydrogen-bond donors (Lipinski definition) is 2. The van der Waals surface area contributed by atoms with E-state index in [4.69, 9.17) is 4.74 Å². The summed E-state index contributed by atoms with van der Waals surface area (Å²) in [5, 5.41) is 12.2. The van der Waals surface area contributed by atoms with Crippen LogP contribution in [0, 0.1) is 11.7 Å². The van der Waals surface area contributed by atoms with Gasteiger partial charge < -0.3 is 15.2 Å². The summed E-state index contributed by atoms with van der Waals surface area (Å²) in [4.78, 5) is 11.9. The highest BCUT2D eigenvalue weighted by Gasteiger charge is 2.25. The Morgan fingerprint density at radius 3 is 2.90 bits per heavy atom. The molecule has 21 heavy (non-hydrogen) atoms. The molecule has 4 nitrogen and oxygen atoms in total. The van der Waals surface area contributed by atoms with Gasteiger partial charge >= 0.3 is 0 Å². The van der Waals surface area contributed by atoms with Crippen molar-refractivity contribution in [2.75, 3.05) is 13.2 Å². The van der Waals surface area contributed by atoms with Crippen LogP contribution in [0.1, 0.15) is 25.7 Å². The van der Waals surface area contributed by atoms with Gasteiger partial charge in [-0.25, -0.2) is 4.39 Å². The molecule has 0 aromatic heterocycles. The number of aliphatic hydroxyl groups excluding tert-OH is 1. The van der Waals surface area contributed by atoms with Crippen molar-refractivity contribution in [2.45, 2.75) is 31.7 Å². The second kappa shape index (κ2) is 7.75. The molecule has 1 saturated carbocycles. The van der Waals surface area contributed by atoms with E-state index >= 15 is 0 Å². The van der Waals surface area contributed by atoms with Crippen molar-refractivity contribution in [3.63, 3.8) is 0 Å². The van der Waals surface area contributed by atoms with Gasteiger partial charge in [-0.3, -0.25) is 4.79 Å². The maximum atomic E-state index is 13.6. The van der Waals surface area contributed by atoms with E-state index in [1.54, 1.807) is 6.07 Å². The Labute approximate surface area is 131 Å². The number of rotatable bonds is 5. The molecule has 6 heteroatoms. The zero-order chi connectivity index (χ0) is 15.2. The summed E-state index contributed by atoms with van der Waals surface area (Å²) in [6, 6.07) is 4.40. The summed E-state index contributed by atoms with van der Waals surface area (Å²) >= 11 is 3.16. The van der Waals surface area contributed by atoms with Crippen molar-refractivity contribution in [3.8, 4) is 5.75 Å². The molecule has 0 spiro atoms. The Kier molecular flexibility index (Phi) is 5.99. The molecule has 2 rings (SSSR count). The van der Waals surface area contributed by atoms with Crippen LogP contribution in [0.5, 0.6) is 5.75 Å². The van der Waals surface area contributed by atoms with Gasteiger partial charge in [-0.05, 0) is 31.0 Å². The van der Waals surface area contributed by atoms with E-state index in [1.807, 2.05) is 0 Å². The van der Waals surface area contributed by atoms with Crippen molar-refractivity contribution in [1.82, 2.24) is 5.32 Å². The first kappa shape index (κ1) is 16.2. The predicted molar refractivity (Wildman–Crippen MR) is 80.6 cm³/mol. The van der Waals surface area contributed by atoms with Crippen LogP contribution in [0.25, 0.3) is 0 Å². The van der Waals surface area contributed by atoms with Crippen LogP contribution in [0.2, 0.25) is 0 Å². The topological polar surface area (TPSA) is 58.6 Å². The van der Waals surface area contributed by atoms with E-state index in [0.29, 0.717) is 4.47 Å². The third kappa shape index (κ3) is 4.68. The highest BCUT2D eigenvalue weighted by molar-refractivity contribution is 9.10. The van der Waals surface area contributed by atoms with Gasteiger partial charge in [0, 0.05) is 23.0 Å². The number of aliphatic hydroxyl groups is 1. The standard InChI is InChI=1S/C15H19BrFNO3/c16-11-5-6-14(12(17)7-11)21-9-15(20)18-13-4-2-1-3-10(13)8-19/h5-7,10,13,19H,1-4,8-9H2,(H,18,20). The molecule has 0 bridgehead atoms. The third-order valence-electron chi connectivity index (χ3n) is 3.74. The summed E-state index contributed by atoms with van der Waals surface area (Å²) < 4.78 is 19.4. The lowest BCUT2D eigenvalue weighted by Crippen LogP contribution is -2.45. The molecule has 1 aromatic rings. The normalized spacial score (nSPS) is 21.9. The lowest BCUT2D eigenvalue weighted by Gasteiger charge is -2.30. The summed E-state index contributed by atoms with van der Waals surface area (Å²) in [5.74, 6) is -0.645. The molecule has 1 aliphatic carbocycles. The summed E-state index contributed by atoms with van der Waals surface area (Å²) in [5.41, 5.74) is 0. The minimum Gasteiger partial charge on any atom is -0.481 e. The van der Waals surface area contributed by atoms with Crippen LogP contribution in [-0.4, -0.2) is 30.3 Å². The maximum absolute atomic E-state index is 13.6. The van der Waals surface area contributed by atoms with Crippen LogP contribution in [0.15, 0.2) is 22.7 Å². The Morgan fingerprint density at radius 1 is 1.43 bits per heavy atom. The first-order valence-corrected chi connectivity index (χ1v) is 7.87. The maximum Gasteiger partial charge on any atom is 0.258 e. The van der Waals surface area contributed by atoms with E-state index in [1.165, 1.54) is 12.1 Å². The molecule has 1 aliphatic rings. The fourth-order valence-corrected chi connectivity index (χ4v) is 2.93. The zero-order valence-electron chi connectivity index (χ0n) is 11.6. The lowest BCUT2D eigenvalue weighted by atomic mass is 9.85. The highest BCUT2D eigenvalue weighted by Crippen LogP contribution is 2.24. The van der Waals surface area contributed by atoms with E-state index in [0.717, 1.165) is 25.7 Å². The van der Waals surface area contributed by atoms with E-state index < -0.39 is 5.82 Å². The predicted octanol–water partition coefficient (Wildman–Crippen LogP) is 2.63. The number of ether oxygens (including phenoxy) is 1. The molecular weight excluding hydrogens is 341 g/mol. The smallest absolute Gasteiger partial charge is 0.258 e. The van der Waals surface area contributed by atoms with Gasteiger partial charge in [0.15, 0.2) is 18.2 Å². The molecule has 2 N–H and O–H groups in total. The van der Waals surface area contributed by atoms with Crippen molar-refractivity contribution < 1.29 is 19.0 Å². The molecular formula is C15H19BrFNO3. The van der Waals surface area contributed by atoms with Crippen molar-refractivity contribution in [1.29, 1.82) is 0 Å². The van der Waals surface area contributed by atoms with Gasteiger partial charge in [0.2, 0.25) is 0 Å². The molecule has 1 fully saturated rings. The average molecular weight is 360 g/mol. The van der Waals surface area contributed by atoms with Gasteiger partial charge in [-0.2, -0.15) is 0 Å². The molecule has 0 saturated heterocycles. The highest BCUT2D eigenvalue weighted by atomic mass is 79.9. The number of benzene rings is 1. The molecule has 2 atom stereocenters. The minimum atomic E-state index is -0.511. The third-order valence-corrected chi connectivity index (χ3v) is 4.24. The van der Waals surface area contributed by atoms with E-state index in [9.17, 15) is 14.3 Å². The van der Waals surface area contributed by atoms with Gasteiger partial charge in [0.25, 0.3) is 5.91 Å². The number of halogens is 2. The monoisotopic (exact) mass is 359 g/mol. The molecule has 116 valence electrons. The zero-order valence-corrected chi connectivity index (χ0v) is 13.2. The summed E-state index contributed by atoms with van der Waals surface area (Å²) in [7, 11) is 0. The first-order chi connectivity index (χ1) is 10.1. The Hall–Kier alpha value is -1.14. The van der Waals surface area contributed by atoms with Crippen LogP contribution in [0.4, 0.5) is 4.39 Å². The summed E-state index contributed by atoms with van der Waals surface area (Å²) in [6.45, 7) is -0.152. The summed E-state index contributed by atoms with van der Waals surface area (Å²) in [6.07, 6.45) is 3.91. The van der Waals surface area contributed by atoms with Crippen LogP contribution < -0.4 is 10.1 Å². The van der Waals surface area contributed by atoms with Crippen molar-refractivity contribution in [2.24, 2.45) is 5.92 Å². The largest absolute Gasteiger partial charge is 0.481 e. The van der Waals surface area contributed by atoms with Gasteiger partial charge in [-0.1, -0.05) is 28.8 Å². The van der Waals surface area contributed by atoms with Crippen LogP contribution >= 0.6 is 15.9 Å². The minimum absolute atomic E-state index is 0.0189. The number of hydrogen-bond acceptors (Lipinski definition) is 3. The Morgan fingerprint density at radius 2 is 2.19 bits per heavy atom. The van der Waals surface area contributed by atoms with Gasteiger partial charge in [-0.15, -0.1) is 0 Å². The van der Waals surface area contributed by atoms with Crippen molar-refractivity contribution >= 4 is 21.8 Å². The fraction of sp³-hybridized carbons (Fsp3) is 0.533. The molecule has 2 unspecified atom stereocenters. The molecule has 1 amide bonds. The van der Waals surface area contributed by atoms with Crippen molar-refractivity contribution in [3.05, 3.63) is 28.5 Å². The Bertz CT molecular complexity index is 498. The van der Waals surface area contributed by atoms with Crippen LogP contribution in [-0.2, 0) is 4.79 Å². The fourth-order valence-electron chi connectivity index (χ4n) is 2.60. The molecule has 0 aliphatic heterocycles. The quantitative estimate of drug-likeness (QED) is 0.849. The molecule has 1 aromatic carbocycles. The van der Waals surface area contributed by atoms with E-state index in [2.05, 4.69) is 21.2 Å². The second-order valence-electron chi connectivity index (χ2n) is 5.26. The second-order valence-corrected chi connectivity index (χ2v) is 6.18. The lowest BCUT2D eigenvalue weighted by molar-refractivity contribution is -0.124. The van der Waals surface area contributed by atoms with Crippen LogP contribution in [0.3, 0.4) is 0 Å². The SMILES string of the molecule is O=C(COc1ccc(Br)cc1F)NC1CCCCC1CO. The number of carbonyl (C=O) groups excluding carboxylic acids is 1. The average Bonchev–Trinajstić information content (AvgIpc) is 2.47. The van der Waals surface area contributed by atoms with E-state index in [-0.39, 0.29) is 36.8 Å². The number of carbonyl (C=O) groups is 1. The molecule has 0 heterocycles. The number of amides is 1. The van der Waals surface area contributed by atoms with Gasteiger partial charge in [0.05, 0.1) is 0 Å². The molecule has 0 radical (unpaired) electrons. The van der Waals surface area contributed by atoms with Gasteiger partial charge in [0.1, 0.15) is 0 Å². The first-order valence-electron chi connectivity index (χ1n) is 7.08. The number of nitrogens with one attached hydrogen (secondary N) is 1.